The van der Waals surface area contributed by atoms with Gasteiger partial charge in [-0.05, 0) is 61.6 Å². The highest BCUT2D eigenvalue weighted by Crippen LogP contribution is 2.27. The van der Waals surface area contributed by atoms with Crippen LogP contribution in [0.25, 0.3) is 0 Å². The number of hydrogen-bond donors (Lipinski definition) is 1. The second-order valence-corrected chi connectivity index (χ2v) is 9.53. The van der Waals surface area contributed by atoms with Crippen molar-refractivity contribution in [2.75, 3.05) is 33.3 Å². The first-order valence-electron chi connectivity index (χ1n) is 11.8. The van der Waals surface area contributed by atoms with Crippen LogP contribution in [0, 0.1) is 11.7 Å². The summed E-state index contributed by atoms with van der Waals surface area (Å²) >= 11 is 6.07. The number of benzene rings is 2. The molecule has 0 saturated carbocycles. The summed E-state index contributed by atoms with van der Waals surface area (Å²) in [7, 11) is 1.53. The number of halogens is 2. The highest BCUT2D eigenvalue weighted by atomic mass is 35.5. The van der Waals surface area contributed by atoms with Gasteiger partial charge in [-0.1, -0.05) is 23.7 Å². The minimum absolute atomic E-state index is 0.0810. The van der Waals surface area contributed by atoms with Crippen LogP contribution < -0.4 is 10.1 Å². The molecule has 0 spiro atoms. The molecular formula is C26H31ClFN3O3. The quantitative estimate of drug-likeness (QED) is 0.665. The summed E-state index contributed by atoms with van der Waals surface area (Å²) in [6.07, 6.45) is 3.09. The molecule has 0 aliphatic carbocycles. The number of nitrogens with one attached hydrogen (secondary N) is 1. The van der Waals surface area contributed by atoms with Crippen molar-refractivity contribution in [2.24, 2.45) is 5.92 Å². The number of likely N-dealkylation sites (tertiary alicyclic amines) is 2. The van der Waals surface area contributed by atoms with Gasteiger partial charge in [-0.15, -0.1) is 0 Å². The fourth-order valence-electron chi connectivity index (χ4n) is 4.76. The first kappa shape index (κ1) is 24.5. The van der Waals surface area contributed by atoms with E-state index in [1.54, 1.807) is 23.1 Å². The van der Waals surface area contributed by atoms with Crippen LogP contribution in [-0.4, -0.2) is 60.9 Å². The highest BCUT2D eigenvalue weighted by molar-refractivity contribution is 6.31. The molecule has 2 saturated heterocycles. The molecule has 2 heterocycles. The third-order valence-electron chi connectivity index (χ3n) is 6.80. The van der Waals surface area contributed by atoms with E-state index in [2.05, 4.69) is 10.2 Å². The summed E-state index contributed by atoms with van der Waals surface area (Å²) < 4.78 is 18.4. The molecule has 8 heteroatoms. The second kappa shape index (κ2) is 11.2. The molecule has 34 heavy (non-hydrogen) atoms. The van der Waals surface area contributed by atoms with E-state index in [0.717, 1.165) is 38.0 Å². The van der Waals surface area contributed by atoms with Gasteiger partial charge in [0.25, 0.3) is 5.91 Å². The van der Waals surface area contributed by atoms with Crippen molar-refractivity contribution in [3.63, 3.8) is 0 Å². The largest absolute Gasteiger partial charge is 0.496 e. The van der Waals surface area contributed by atoms with E-state index in [-0.39, 0.29) is 29.6 Å². The lowest BCUT2D eigenvalue weighted by Gasteiger charge is -2.35. The average Bonchev–Trinajstić information content (AvgIpc) is 2.86. The van der Waals surface area contributed by atoms with Crippen LogP contribution in [0.3, 0.4) is 0 Å². The van der Waals surface area contributed by atoms with Crippen molar-refractivity contribution in [3.8, 4) is 5.75 Å². The molecule has 182 valence electrons. The summed E-state index contributed by atoms with van der Waals surface area (Å²) in [5.74, 6) is 0.170. The maximum absolute atomic E-state index is 13.1. The Morgan fingerprint density at radius 2 is 1.71 bits per heavy atom. The van der Waals surface area contributed by atoms with Crippen LogP contribution >= 0.6 is 11.6 Å². The number of carbonyl (C=O) groups excluding carboxylic acids is 2. The van der Waals surface area contributed by atoms with E-state index >= 15 is 0 Å². The smallest absolute Gasteiger partial charge is 0.257 e. The number of hydrogen-bond acceptors (Lipinski definition) is 4. The fraction of sp³-hybridized carbons (Fsp3) is 0.462. The van der Waals surface area contributed by atoms with Crippen molar-refractivity contribution in [1.29, 1.82) is 0 Å². The summed E-state index contributed by atoms with van der Waals surface area (Å²) in [5.41, 5.74) is 1.55. The van der Waals surface area contributed by atoms with Crippen LogP contribution in [0.1, 0.15) is 41.6 Å². The van der Waals surface area contributed by atoms with E-state index in [0.29, 0.717) is 42.3 Å². The van der Waals surface area contributed by atoms with Crippen LogP contribution in [0.2, 0.25) is 5.02 Å². The van der Waals surface area contributed by atoms with Gasteiger partial charge >= 0.3 is 0 Å². The molecule has 0 radical (unpaired) electrons. The summed E-state index contributed by atoms with van der Waals surface area (Å²) in [6.45, 7) is 3.66. The standard InChI is InChI=1S/C26H31ClFN3O3/c1-34-24-7-4-20(27)16-23(24)26(33)31-14-8-19(9-15-31)25(32)29-22-10-12-30(13-11-22)17-18-2-5-21(28)6-3-18/h2-7,16,19,22H,8-15,17H2,1H3,(H,29,32). The SMILES string of the molecule is COc1ccc(Cl)cc1C(=O)N1CCC(C(=O)NC2CCN(Cc3ccc(F)cc3)CC2)CC1. The predicted molar refractivity (Wildman–Crippen MR) is 129 cm³/mol. The summed E-state index contributed by atoms with van der Waals surface area (Å²) in [6, 6.07) is 11.8. The van der Waals surface area contributed by atoms with Crippen molar-refractivity contribution in [1.82, 2.24) is 15.1 Å². The molecule has 6 nitrogen and oxygen atoms in total. The fourth-order valence-corrected chi connectivity index (χ4v) is 4.94. The maximum Gasteiger partial charge on any atom is 0.257 e. The van der Waals surface area contributed by atoms with Gasteiger partial charge in [0.15, 0.2) is 0 Å². The number of piperidine rings is 2. The van der Waals surface area contributed by atoms with E-state index in [1.807, 2.05) is 12.1 Å². The molecule has 2 aromatic rings. The molecule has 1 N–H and O–H groups in total. The zero-order valence-corrected chi connectivity index (χ0v) is 20.2. The minimum Gasteiger partial charge on any atom is -0.496 e. The van der Waals surface area contributed by atoms with Gasteiger partial charge in [0.2, 0.25) is 5.91 Å². The third-order valence-corrected chi connectivity index (χ3v) is 7.03. The lowest BCUT2D eigenvalue weighted by Crippen LogP contribution is -2.48. The summed E-state index contributed by atoms with van der Waals surface area (Å²) in [5, 5.41) is 3.71. The molecule has 2 fully saturated rings. The Morgan fingerprint density at radius 3 is 2.35 bits per heavy atom. The number of methoxy groups -OCH3 is 1. The van der Waals surface area contributed by atoms with Gasteiger partial charge in [0.05, 0.1) is 12.7 Å². The number of carbonyl (C=O) groups is 2. The molecule has 2 aromatic carbocycles. The molecule has 4 rings (SSSR count). The van der Waals surface area contributed by atoms with E-state index in [4.69, 9.17) is 16.3 Å². The Hall–Kier alpha value is -2.64. The van der Waals surface area contributed by atoms with Gasteiger partial charge < -0.3 is 15.0 Å². The first-order chi connectivity index (χ1) is 16.4. The second-order valence-electron chi connectivity index (χ2n) is 9.10. The molecule has 2 aliphatic heterocycles. The van der Waals surface area contributed by atoms with Crippen molar-refractivity contribution in [2.45, 2.75) is 38.3 Å². The lowest BCUT2D eigenvalue weighted by molar-refractivity contribution is -0.127. The van der Waals surface area contributed by atoms with Crippen LogP contribution in [0.5, 0.6) is 5.75 Å². The zero-order chi connectivity index (χ0) is 24.1. The average molecular weight is 488 g/mol. The monoisotopic (exact) mass is 487 g/mol. The molecule has 0 bridgehead atoms. The Kier molecular flexibility index (Phi) is 8.06. The number of nitrogens with zero attached hydrogens (tertiary/aromatic N) is 2. The predicted octanol–water partition coefficient (Wildman–Crippen LogP) is 4.12. The number of amides is 2. The topological polar surface area (TPSA) is 61.9 Å². The van der Waals surface area contributed by atoms with Gasteiger partial charge in [0.1, 0.15) is 11.6 Å². The summed E-state index contributed by atoms with van der Waals surface area (Å²) in [4.78, 5) is 29.9. The number of ether oxygens (including phenoxy) is 1. The van der Waals surface area contributed by atoms with Crippen LogP contribution in [0.4, 0.5) is 4.39 Å². The molecule has 2 amide bonds. The molecule has 0 unspecified atom stereocenters. The van der Waals surface area contributed by atoms with Gasteiger partial charge in [-0.3, -0.25) is 14.5 Å². The zero-order valence-electron chi connectivity index (χ0n) is 19.4. The number of rotatable bonds is 6. The third kappa shape index (κ3) is 6.07. The van der Waals surface area contributed by atoms with E-state index < -0.39 is 0 Å². The van der Waals surface area contributed by atoms with E-state index in [9.17, 15) is 14.0 Å². The Bertz CT molecular complexity index is 1000. The van der Waals surface area contributed by atoms with Gasteiger partial charge in [-0.25, -0.2) is 4.39 Å². The Balaban J connectivity index is 1.22. The Labute approximate surface area is 205 Å². The maximum atomic E-state index is 13.1. The lowest BCUT2D eigenvalue weighted by atomic mass is 9.94. The minimum atomic E-state index is -0.218. The molecule has 0 aromatic heterocycles. The van der Waals surface area contributed by atoms with E-state index in [1.165, 1.54) is 19.2 Å². The van der Waals surface area contributed by atoms with Crippen LogP contribution in [-0.2, 0) is 11.3 Å². The van der Waals surface area contributed by atoms with Gasteiger partial charge in [0, 0.05) is 49.7 Å². The van der Waals surface area contributed by atoms with Crippen molar-refractivity contribution in [3.05, 3.63) is 64.4 Å². The normalized spacial score (nSPS) is 18.0. The Morgan fingerprint density at radius 1 is 1.03 bits per heavy atom. The van der Waals surface area contributed by atoms with Gasteiger partial charge in [-0.2, -0.15) is 0 Å². The van der Waals surface area contributed by atoms with Crippen molar-refractivity contribution >= 4 is 23.4 Å². The van der Waals surface area contributed by atoms with Crippen LogP contribution in [0.15, 0.2) is 42.5 Å². The highest BCUT2D eigenvalue weighted by Gasteiger charge is 2.30. The molecule has 2 aliphatic rings. The molecule has 0 atom stereocenters. The molecular weight excluding hydrogens is 457 g/mol. The van der Waals surface area contributed by atoms with Crippen molar-refractivity contribution < 1.29 is 18.7 Å². The first-order valence-corrected chi connectivity index (χ1v) is 12.2.